The number of carbonyl (C=O) groups is 1. The topological polar surface area (TPSA) is 68.8 Å². The van der Waals surface area contributed by atoms with Crippen molar-refractivity contribution in [1.82, 2.24) is 16.0 Å². The van der Waals surface area contributed by atoms with Crippen LogP contribution in [0.5, 0.6) is 0 Å². The SMILES string of the molecule is CN=C(NCCc1ccc(Cl)cc1)NCc1ccc(N2CCNC(=O)C2)cc1.I. The monoisotopic (exact) mass is 527 g/mol. The van der Waals surface area contributed by atoms with Crippen LogP contribution >= 0.6 is 35.6 Å². The summed E-state index contributed by atoms with van der Waals surface area (Å²) in [7, 11) is 1.77. The highest BCUT2D eigenvalue weighted by atomic mass is 127. The Morgan fingerprint density at radius 3 is 2.45 bits per heavy atom. The van der Waals surface area contributed by atoms with Gasteiger partial charge in [0.2, 0.25) is 5.91 Å². The smallest absolute Gasteiger partial charge is 0.239 e. The van der Waals surface area contributed by atoms with Crippen molar-refractivity contribution in [2.24, 2.45) is 4.99 Å². The molecule has 156 valence electrons. The third-order valence-electron chi connectivity index (χ3n) is 4.64. The second-order valence-corrected chi connectivity index (χ2v) is 7.10. The molecule has 1 amide bonds. The summed E-state index contributed by atoms with van der Waals surface area (Å²) in [6.07, 6.45) is 0.899. The van der Waals surface area contributed by atoms with Crippen molar-refractivity contribution in [3.63, 3.8) is 0 Å². The molecule has 0 radical (unpaired) electrons. The number of benzene rings is 2. The zero-order valence-electron chi connectivity index (χ0n) is 16.5. The summed E-state index contributed by atoms with van der Waals surface area (Å²) < 4.78 is 0. The number of hydrogen-bond acceptors (Lipinski definition) is 3. The van der Waals surface area contributed by atoms with Crippen molar-refractivity contribution in [1.29, 1.82) is 0 Å². The fraction of sp³-hybridized carbons (Fsp3) is 0.333. The van der Waals surface area contributed by atoms with Crippen LogP contribution in [0.3, 0.4) is 0 Å². The van der Waals surface area contributed by atoms with E-state index in [1.54, 1.807) is 7.05 Å². The van der Waals surface area contributed by atoms with E-state index in [0.29, 0.717) is 19.6 Å². The number of guanidine groups is 1. The number of rotatable bonds is 6. The number of amides is 1. The van der Waals surface area contributed by atoms with Crippen molar-refractivity contribution >= 4 is 53.1 Å². The van der Waals surface area contributed by atoms with Gasteiger partial charge in [-0.3, -0.25) is 9.79 Å². The lowest BCUT2D eigenvalue weighted by atomic mass is 10.1. The molecule has 0 aliphatic carbocycles. The number of anilines is 1. The molecule has 1 aliphatic rings. The van der Waals surface area contributed by atoms with Crippen molar-refractivity contribution in [2.45, 2.75) is 13.0 Å². The van der Waals surface area contributed by atoms with E-state index in [1.165, 1.54) is 5.56 Å². The molecular weight excluding hydrogens is 501 g/mol. The van der Waals surface area contributed by atoms with Gasteiger partial charge >= 0.3 is 0 Å². The minimum Gasteiger partial charge on any atom is -0.360 e. The lowest BCUT2D eigenvalue weighted by molar-refractivity contribution is -0.120. The molecular formula is C21H27ClIN5O. The number of carbonyl (C=O) groups excluding carboxylic acids is 1. The zero-order chi connectivity index (χ0) is 19.8. The fourth-order valence-corrected chi connectivity index (χ4v) is 3.19. The summed E-state index contributed by atoms with van der Waals surface area (Å²) in [5, 5.41) is 10.2. The highest BCUT2D eigenvalue weighted by Gasteiger charge is 2.16. The second-order valence-electron chi connectivity index (χ2n) is 6.67. The molecule has 0 spiro atoms. The molecule has 29 heavy (non-hydrogen) atoms. The summed E-state index contributed by atoms with van der Waals surface area (Å²) in [5.41, 5.74) is 3.46. The van der Waals surface area contributed by atoms with E-state index in [9.17, 15) is 4.79 Å². The van der Waals surface area contributed by atoms with Gasteiger partial charge in [-0.05, 0) is 41.8 Å². The van der Waals surface area contributed by atoms with Gasteiger partial charge in [0.25, 0.3) is 0 Å². The molecule has 0 aromatic heterocycles. The molecule has 1 heterocycles. The first-order chi connectivity index (χ1) is 13.6. The maximum atomic E-state index is 11.5. The molecule has 3 N–H and O–H groups in total. The van der Waals surface area contributed by atoms with Crippen LogP contribution in [0.4, 0.5) is 5.69 Å². The Morgan fingerprint density at radius 2 is 1.79 bits per heavy atom. The number of nitrogens with one attached hydrogen (secondary N) is 3. The van der Waals surface area contributed by atoms with Crippen molar-refractivity contribution in [3.8, 4) is 0 Å². The average Bonchev–Trinajstić information content (AvgIpc) is 2.72. The van der Waals surface area contributed by atoms with E-state index in [0.717, 1.165) is 41.7 Å². The first-order valence-corrected chi connectivity index (χ1v) is 9.81. The third kappa shape index (κ3) is 7.40. The fourth-order valence-electron chi connectivity index (χ4n) is 3.07. The van der Waals surface area contributed by atoms with E-state index in [4.69, 9.17) is 11.6 Å². The summed E-state index contributed by atoms with van der Waals surface area (Å²) in [5.74, 6) is 0.844. The van der Waals surface area contributed by atoms with Gasteiger partial charge in [0.05, 0.1) is 6.54 Å². The Balaban J connectivity index is 0.00000300. The van der Waals surface area contributed by atoms with Gasteiger partial charge in [0.15, 0.2) is 5.96 Å². The van der Waals surface area contributed by atoms with Crippen molar-refractivity contribution in [3.05, 3.63) is 64.7 Å². The Morgan fingerprint density at radius 1 is 1.10 bits per heavy atom. The standard InChI is InChI=1S/C21H26ClN5O.HI/c1-23-21(25-11-10-16-2-6-18(22)7-3-16)26-14-17-4-8-19(9-5-17)27-13-12-24-20(28)15-27;/h2-9H,10-15H2,1H3,(H,24,28)(H2,23,25,26);1H. The predicted octanol–water partition coefficient (Wildman–Crippen LogP) is 2.80. The van der Waals surface area contributed by atoms with Crippen LogP contribution in [0.15, 0.2) is 53.5 Å². The van der Waals surface area contributed by atoms with Crippen LogP contribution in [0, 0.1) is 0 Å². The van der Waals surface area contributed by atoms with E-state index < -0.39 is 0 Å². The summed E-state index contributed by atoms with van der Waals surface area (Å²) in [6, 6.07) is 16.2. The minimum atomic E-state index is 0. The van der Waals surface area contributed by atoms with Crippen LogP contribution in [-0.4, -0.2) is 45.1 Å². The molecule has 0 atom stereocenters. The van der Waals surface area contributed by atoms with Crippen LogP contribution in [-0.2, 0) is 17.8 Å². The number of halogens is 2. The molecule has 1 saturated heterocycles. The summed E-state index contributed by atoms with van der Waals surface area (Å²) in [4.78, 5) is 17.9. The van der Waals surface area contributed by atoms with E-state index in [-0.39, 0.29) is 29.9 Å². The predicted molar refractivity (Wildman–Crippen MR) is 130 cm³/mol. The average molecular weight is 528 g/mol. The van der Waals surface area contributed by atoms with Gasteiger partial charge in [0.1, 0.15) is 0 Å². The Bertz CT molecular complexity index is 811. The van der Waals surface area contributed by atoms with E-state index in [2.05, 4.69) is 50.1 Å². The quantitative estimate of drug-likeness (QED) is 0.307. The molecule has 2 aromatic rings. The van der Waals surface area contributed by atoms with Crippen LogP contribution < -0.4 is 20.9 Å². The molecule has 0 unspecified atom stereocenters. The van der Waals surface area contributed by atoms with Crippen LogP contribution in [0.25, 0.3) is 0 Å². The minimum absolute atomic E-state index is 0. The Kier molecular flexibility index (Phi) is 9.53. The molecule has 0 bridgehead atoms. The third-order valence-corrected chi connectivity index (χ3v) is 4.89. The van der Waals surface area contributed by atoms with E-state index in [1.807, 2.05) is 24.3 Å². The first kappa shape index (κ1) is 23.3. The lowest BCUT2D eigenvalue weighted by Crippen LogP contribution is -2.47. The highest BCUT2D eigenvalue weighted by Crippen LogP contribution is 2.16. The summed E-state index contributed by atoms with van der Waals surface area (Å²) in [6.45, 7) is 3.42. The van der Waals surface area contributed by atoms with Crippen molar-refractivity contribution < 1.29 is 4.79 Å². The molecule has 0 saturated carbocycles. The largest absolute Gasteiger partial charge is 0.360 e. The number of hydrogen-bond donors (Lipinski definition) is 3. The molecule has 8 heteroatoms. The summed E-state index contributed by atoms with van der Waals surface area (Å²) >= 11 is 5.91. The lowest BCUT2D eigenvalue weighted by Gasteiger charge is -2.28. The van der Waals surface area contributed by atoms with Gasteiger partial charge in [-0.1, -0.05) is 35.9 Å². The Labute approximate surface area is 194 Å². The molecule has 1 fully saturated rings. The van der Waals surface area contributed by atoms with Gasteiger partial charge in [0, 0.05) is 43.9 Å². The highest BCUT2D eigenvalue weighted by molar-refractivity contribution is 14.0. The first-order valence-electron chi connectivity index (χ1n) is 9.43. The second kappa shape index (κ2) is 11.9. The number of piperazine rings is 1. The molecule has 2 aromatic carbocycles. The Hall–Kier alpha value is -2.00. The maximum absolute atomic E-state index is 11.5. The molecule has 6 nitrogen and oxygen atoms in total. The van der Waals surface area contributed by atoms with Gasteiger partial charge in [-0.2, -0.15) is 0 Å². The van der Waals surface area contributed by atoms with Crippen molar-refractivity contribution in [2.75, 3.05) is 38.1 Å². The molecule has 3 rings (SSSR count). The number of nitrogens with zero attached hydrogens (tertiary/aromatic N) is 2. The van der Waals surface area contributed by atoms with Gasteiger partial charge < -0.3 is 20.9 Å². The maximum Gasteiger partial charge on any atom is 0.239 e. The zero-order valence-corrected chi connectivity index (χ0v) is 19.5. The van der Waals surface area contributed by atoms with Gasteiger partial charge in [-0.15, -0.1) is 24.0 Å². The van der Waals surface area contributed by atoms with E-state index >= 15 is 0 Å². The molecule has 1 aliphatic heterocycles. The van der Waals surface area contributed by atoms with Crippen LogP contribution in [0.1, 0.15) is 11.1 Å². The normalized spacial score (nSPS) is 14.1. The van der Waals surface area contributed by atoms with Crippen LogP contribution in [0.2, 0.25) is 5.02 Å². The number of aliphatic imine (C=N–C) groups is 1. The van der Waals surface area contributed by atoms with Gasteiger partial charge in [-0.25, -0.2) is 0 Å².